The molecular weight excluding hydrogens is 384 g/mol. The third-order valence-electron chi connectivity index (χ3n) is 5.02. The summed E-state index contributed by atoms with van der Waals surface area (Å²) in [4.78, 5) is 12.5. The molecule has 0 aliphatic heterocycles. The Hall–Kier alpha value is -2.18. The van der Waals surface area contributed by atoms with E-state index in [9.17, 15) is 13.2 Å². The van der Waals surface area contributed by atoms with Crippen LogP contribution in [0, 0.1) is 0 Å². The average molecular weight is 417 g/mol. The maximum atomic E-state index is 12.5. The van der Waals surface area contributed by atoms with E-state index in [1.165, 1.54) is 9.87 Å². The highest BCUT2D eigenvalue weighted by Crippen LogP contribution is 2.17. The van der Waals surface area contributed by atoms with Crippen LogP contribution in [-0.4, -0.2) is 37.8 Å². The summed E-state index contributed by atoms with van der Waals surface area (Å²) in [7, 11) is -3.44. The van der Waals surface area contributed by atoms with E-state index in [4.69, 9.17) is 0 Å². The van der Waals surface area contributed by atoms with E-state index in [0.29, 0.717) is 30.8 Å². The van der Waals surface area contributed by atoms with Gasteiger partial charge in [0.25, 0.3) is 0 Å². The molecule has 0 fully saturated rings. The second kappa shape index (κ2) is 11.1. The van der Waals surface area contributed by atoms with Gasteiger partial charge in [-0.15, -0.1) is 0 Å². The molecule has 5 nitrogen and oxygen atoms in total. The molecule has 1 amide bonds. The maximum absolute atomic E-state index is 12.5. The fourth-order valence-corrected chi connectivity index (χ4v) is 4.70. The van der Waals surface area contributed by atoms with Gasteiger partial charge in [-0.3, -0.25) is 4.79 Å². The quantitative estimate of drug-likeness (QED) is 0.606. The van der Waals surface area contributed by atoms with Gasteiger partial charge >= 0.3 is 0 Å². The zero-order chi connectivity index (χ0) is 21.3. The first kappa shape index (κ1) is 23.1. The highest BCUT2D eigenvalue weighted by Gasteiger charge is 2.21. The lowest BCUT2D eigenvalue weighted by Crippen LogP contribution is -2.33. The Morgan fingerprint density at radius 2 is 1.52 bits per heavy atom. The SMILES string of the molecule is CCN(CC)S(=O)(=O)c1ccc(CCC(=O)N[C@@H](C)CCc2ccccc2)cc1. The number of carbonyl (C=O) groups is 1. The van der Waals surface area contributed by atoms with E-state index in [1.54, 1.807) is 24.3 Å². The molecule has 0 saturated carbocycles. The van der Waals surface area contributed by atoms with Crippen molar-refractivity contribution < 1.29 is 13.2 Å². The van der Waals surface area contributed by atoms with Crippen molar-refractivity contribution in [3.63, 3.8) is 0 Å². The molecule has 6 heteroatoms. The number of amides is 1. The lowest BCUT2D eigenvalue weighted by Gasteiger charge is -2.18. The summed E-state index contributed by atoms with van der Waals surface area (Å²) in [6.45, 7) is 6.57. The largest absolute Gasteiger partial charge is 0.354 e. The van der Waals surface area contributed by atoms with Crippen molar-refractivity contribution in [3.8, 4) is 0 Å². The topological polar surface area (TPSA) is 66.5 Å². The first-order valence-electron chi connectivity index (χ1n) is 10.3. The molecule has 158 valence electrons. The first-order valence-corrected chi connectivity index (χ1v) is 11.7. The van der Waals surface area contributed by atoms with Crippen molar-refractivity contribution in [2.24, 2.45) is 0 Å². The molecule has 29 heavy (non-hydrogen) atoms. The standard InChI is InChI=1S/C23H32N2O3S/c1-4-25(5-2)29(27,28)22-16-13-21(14-17-22)15-18-23(26)24-19(3)11-12-20-9-7-6-8-10-20/h6-10,13-14,16-17,19H,4-5,11-12,15,18H2,1-3H3,(H,24,26)/t19-/m0/s1. The Balaban J connectivity index is 1.81. The van der Waals surface area contributed by atoms with Crippen molar-refractivity contribution in [1.82, 2.24) is 9.62 Å². The van der Waals surface area contributed by atoms with Crippen molar-refractivity contribution in [3.05, 3.63) is 65.7 Å². The van der Waals surface area contributed by atoms with Crippen LogP contribution in [0.5, 0.6) is 0 Å². The summed E-state index contributed by atoms with van der Waals surface area (Å²) in [5.41, 5.74) is 2.23. The van der Waals surface area contributed by atoms with Crippen LogP contribution in [-0.2, 0) is 27.7 Å². The molecule has 2 aromatic rings. The van der Waals surface area contributed by atoms with Crippen LogP contribution in [0.25, 0.3) is 0 Å². The van der Waals surface area contributed by atoms with Crippen molar-refractivity contribution >= 4 is 15.9 Å². The van der Waals surface area contributed by atoms with Crippen LogP contribution in [0.2, 0.25) is 0 Å². The summed E-state index contributed by atoms with van der Waals surface area (Å²) in [6.07, 6.45) is 2.80. The Morgan fingerprint density at radius 1 is 0.931 bits per heavy atom. The predicted octanol–water partition coefficient (Wildman–Crippen LogP) is 3.79. The number of nitrogens with one attached hydrogen (secondary N) is 1. The van der Waals surface area contributed by atoms with Crippen LogP contribution in [0.1, 0.15) is 44.7 Å². The van der Waals surface area contributed by atoms with Crippen molar-refractivity contribution in [2.75, 3.05) is 13.1 Å². The van der Waals surface area contributed by atoms with Gasteiger partial charge in [0.15, 0.2) is 0 Å². The number of sulfonamides is 1. The maximum Gasteiger partial charge on any atom is 0.243 e. The van der Waals surface area contributed by atoms with E-state index in [2.05, 4.69) is 17.4 Å². The second-order valence-electron chi connectivity index (χ2n) is 7.23. The number of benzene rings is 2. The molecule has 0 spiro atoms. The minimum atomic E-state index is -3.44. The van der Waals surface area contributed by atoms with Gasteiger partial charge in [0.05, 0.1) is 4.90 Å². The predicted molar refractivity (Wildman–Crippen MR) is 117 cm³/mol. The van der Waals surface area contributed by atoms with Crippen LogP contribution in [0.15, 0.2) is 59.5 Å². The van der Waals surface area contributed by atoms with Crippen LogP contribution in [0.4, 0.5) is 0 Å². The molecule has 0 radical (unpaired) electrons. The van der Waals surface area contributed by atoms with Gasteiger partial charge in [-0.25, -0.2) is 8.42 Å². The zero-order valence-corrected chi connectivity index (χ0v) is 18.4. The van der Waals surface area contributed by atoms with Gasteiger partial charge in [-0.1, -0.05) is 56.3 Å². The van der Waals surface area contributed by atoms with E-state index >= 15 is 0 Å². The van der Waals surface area contributed by atoms with Crippen LogP contribution in [0.3, 0.4) is 0 Å². The Labute approximate surface area is 175 Å². The molecule has 0 aromatic heterocycles. The number of rotatable bonds is 11. The Morgan fingerprint density at radius 3 is 2.10 bits per heavy atom. The molecule has 2 aromatic carbocycles. The van der Waals surface area contributed by atoms with Gasteiger partial charge < -0.3 is 5.32 Å². The molecule has 1 N–H and O–H groups in total. The van der Waals surface area contributed by atoms with Gasteiger partial charge in [0.2, 0.25) is 15.9 Å². The fourth-order valence-electron chi connectivity index (χ4n) is 3.25. The van der Waals surface area contributed by atoms with Gasteiger partial charge in [-0.2, -0.15) is 4.31 Å². The molecule has 0 aliphatic carbocycles. The normalized spacial score (nSPS) is 12.7. The highest BCUT2D eigenvalue weighted by atomic mass is 32.2. The molecule has 0 unspecified atom stereocenters. The summed E-state index contributed by atoms with van der Waals surface area (Å²) < 4.78 is 26.5. The van der Waals surface area contributed by atoms with E-state index < -0.39 is 10.0 Å². The molecular formula is C23H32N2O3S. The average Bonchev–Trinajstić information content (AvgIpc) is 2.72. The van der Waals surface area contributed by atoms with Gasteiger partial charge in [-0.05, 0) is 49.4 Å². The zero-order valence-electron chi connectivity index (χ0n) is 17.6. The van der Waals surface area contributed by atoms with Crippen molar-refractivity contribution in [2.45, 2.75) is 57.4 Å². The lowest BCUT2D eigenvalue weighted by molar-refractivity contribution is -0.121. The van der Waals surface area contributed by atoms with Crippen molar-refractivity contribution in [1.29, 1.82) is 0 Å². The molecule has 1 atom stereocenters. The van der Waals surface area contributed by atoms with E-state index in [1.807, 2.05) is 39.0 Å². The molecule has 0 bridgehead atoms. The molecule has 0 heterocycles. The summed E-state index contributed by atoms with van der Waals surface area (Å²) in [6, 6.07) is 17.2. The summed E-state index contributed by atoms with van der Waals surface area (Å²) in [5.74, 6) is 0.0189. The first-order chi connectivity index (χ1) is 13.9. The monoisotopic (exact) mass is 416 g/mol. The third kappa shape index (κ3) is 6.98. The summed E-state index contributed by atoms with van der Waals surface area (Å²) in [5, 5.41) is 3.04. The number of aryl methyl sites for hydroxylation is 2. The minimum absolute atomic E-state index is 0.0189. The fraction of sp³-hybridized carbons (Fsp3) is 0.435. The summed E-state index contributed by atoms with van der Waals surface area (Å²) >= 11 is 0. The number of hydrogen-bond donors (Lipinski definition) is 1. The molecule has 0 saturated heterocycles. The Bertz CT molecular complexity index is 861. The lowest BCUT2D eigenvalue weighted by atomic mass is 10.1. The van der Waals surface area contributed by atoms with Crippen LogP contribution < -0.4 is 5.32 Å². The second-order valence-corrected chi connectivity index (χ2v) is 9.16. The Kier molecular flexibility index (Phi) is 8.86. The number of carbonyl (C=O) groups excluding carboxylic acids is 1. The number of hydrogen-bond acceptors (Lipinski definition) is 3. The highest BCUT2D eigenvalue weighted by molar-refractivity contribution is 7.89. The van der Waals surface area contributed by atoms with Crippen LogP contribution >= 0.6 is 0 Å². The van der Waals surface area contributed by atoms with E-state index in [-0.39, 0.29) is 11.9 Å². The minimum Gasteiger partial charge on any atom is -0.354 e. The smallest absolute Gasteiger partial charge is 0.243 e. The van der Waals surface area contributed by atoms with Gasteiger partial charge in [0, 0.05) is 25.6 Å². The third-order valence-corrected chi connectivity index (χ3v) is 7.09. The van der Waals surface area contributed by atoms with E-state index in [0.717, 1.165) is 18.4 Å². The molecule has 0 aliphatic rings. The molecule has 2 rings (SSSR count). The number of nitrogens with zero attached hydrogens (tertiary/aromatic N) is 1. The van der Waals surface area contributed by atoms with Gasteiger partial charge in [0.1, 0.15) is 0 Å².